The minimum absolute atomic E-state index is 0.724. The second kappa shape index (κ2) is 5.32. The van der Waals surface area contributed by atoms with Crippen LogP contribution in [0.5, 0.6) is 0 Å². The monoisotopic (exact) mass is 238 g/mol. The summed E-state index contributed by atoms with van der Waals surface area (Å²) in [5.41, 5.74) is 3.64. The van der Waals surface area contributed by atoms with Gasteiger partial charge in [-0.1, -0.05) is 36.8 Å². The molecule has 0 radical (unpaired) electrons. The number of aromatic nitrogens is 1. The fourth-order valence-corrected chi connectivity index (χ4v) is 2.31. The normalized spacial score (nSPS) is 15.3. The largest absolute Gasteiger partial charge is 0.310 e. The van der Waals surface area contributed by atoms with Gasteiger partial charge in [0, 0.05) is 24.3 Å². The van der Waals surface area contributed by atoms with Gasteiger partial charge in [0.1, 0.15) is 0 Å². The maximum atomic E-state index is 4.44. The molecule has 2 nitrogen and oxygen atoms in total. The van der Waals surface area contributed by atoms with E-state index >= 15 is 0 Å². The molecule has 3 rings (SSSR count). The zero-order valence-corrected chi connectivity index (χ0v) is 10.5. The molecule has 92 valence electrons. The molecular weight excluding hydrogens is 220 g/mol. The second-order valence-electron chi connectivity index (χ2n) is 4.88. The number of rotatable bonds is 4. The molecule has 1 fully saturated rings. The van der Waals surface area contributed by atoms with Gasteiger partial charge in [0.2, 0.25) is 0 Å². The van der Waals surface area contributed by atoms with Crippen LogP contribution in [0, 0.1) is 0 Å². The van der Waals surface area contributed by atoms with Gasteiger partial charge in [0.25, 0.3) is 0 Å². The lowest BCUT2D eigenvalue weighted by Crippen LogP contribution is -2.34. The first kappa shape index (κ1) is 11.4. The van der Waals surface area contributed by atoms with Crippen LogP contribution in [-0.4, -0.2) is 11.0 Å². The summed E-state index contributed by atoms with van der Waals surface area (Å²) in [6.45, 7) is 0.942. The highest BCUT2D eigenvalue weighted by molar-refractivity contribution is 5.63. The van der Waals surface area contributed by atoms with Gasteiger partial charge in [-0.05, 0) is 30.5 Å². The van der Waals surface area contributed by atoms with Crippen molar-refractivity contribution < 1.29 is 0 Å². The molecule has 1 N–H and O–H groups in total. The Hall–Kier alpha value is -1.67. The maximum absolute atomic E-state index is 4.44. The summed E-state index contributed by atoms with van der Waals surface area (Å²) in [5, 5.41) is 3.62. The Morgan fingerprint density at radius 2 is 1.89 bits per heavy atom. The Balaban J connectivity index is 1.80. The molecule has 2 heteroatoms. The van der Waals surface area contributed by atoms with Gasteiger partial charge in [-0.15, -0.1) is 0 Å². The van der Waals surface area contributed by atoms with Crippen LogP contribution in [0.2, 0.25) is 0 Å². The fraction of sp³-hybridized carbons (Fsp3) is 0.312. The van der Waals surface area contributed by atoms with Crippen LogP contribution in [0.3, 0.4) is 0 Å². The third-order valence-electron chi connectivity index (χ3n) is 3.64. The van der Waals surface area contributed by atoms with Crippen molar-refractivity contribution in [1.82, 2.24) is 10.3 Å². The fourth-order valence-electron chi connectivity index (χ4n) is 2.31. The van der Waals surface area contributed by atoms with Gasteiger partial charge in [-0.2, -0.15) is 0 Å². The van der Waals surface area contributed by atoms with Crippen molar-refractivity contribution >= 4 is 0 Å². The summed E-state index contributed by atoms with van der Waals surface area (Å²) in [7, 11) is 0. The van der Waals surface area contributed by atoms with Gasteiger partial charge in [0.05, 0.1) is 5.69 Å². The molecule has 0 spiro atoms. The van der Waals surface area contributed by atoms with E-state index in [2.05, 4.69) is 40.6 Å². The van der Waals surface area contributed by atoms with Crippen molar-refractivity contribution in [1.29, 1.82) is 0 Å². The molecule has 18 heavy (non-hydrogen) atoms. The quantitative estimate of drug-likeness (QED) is 0.883. The minimum atomic E-state index is 0.724. The molecule has 0 atom stereocenters. The third-order valence-corrected chi connectivity index (χ3v) is 3.64. The van der Waals surface area contributed by atoms with Crippen LogP contribution in [0.4, 0.5) is 0 Å². The Bertz CT molecular complexity index is 504. The predicted molar refractivity (Wildman–Crippen MR) is 74.2 cm³/mol. The minimum Gasteiger partial charge on any atom is -0.310 e. The van der Waals surface area contributed by atoms with Crippen molar-refractivity contribution in [2.45, 2.75) is 31.8 Å². The average molecular weight is 238 g/mol. The standard InChI is InChI=1S/C16H18N2/c1-2-9-15(16-10-3-4-11-17-16)13(6-1)12-18-14-7-5-8-14/h1-4,6,9-11,14,18H,5,7-8,12H2. The zero-order valence-electron chi connectivity index (χ0n) is 10.5. The van der Waals surface area contributed by atoms with E-state index < -0.39 is 0 Å². The van der Waals surface area contributed by atoms with E-state index in [1.807, 2.05) is 18.3 Å². The van der Waals surface area contributed by atoms with Crippen LogP contribution in [0.1, 0.15) is 24.8 Å². The smallest absolute Gasteiger partial charge is 0.0705 e. The van der Waals surface area contributed by atoms with Crippen molar-refractivity contribution in [3.63, 3.8) is 0 Å². The molecule has 1 aliphatic rings. The van der Waals surface area contributed by atoms with Crippen LogP contribution in [-0.2, 0) is 6.54 Å². The number of nitrogens with zero attached hydrogens (tertiary/aromatic N) is 1. The van der Waals surface area contributed by atoms with E-state index in [1.165, 1.54) is 30.4 Å². The number of hydrogen-bond donors (Lipinski definition) is 1. The van der Waals surface area contributed by atoms with Crippen LogP contribution < -0.4 is 5.32 Å². The summed E-state index contributed by atoms with van der Waals surface area (Å²) in [5.74, 6) is 0. The van der Waals surface area contributed by atoms with E-state index in [0.717, 1.165) is 18.3 Å². The van der Waals surface area contributed by atoms with Gasteiger partial charge < -0.3 is 5.32 Å². The maximum Gasteiger partial charge on any atom is 0.0705 e. The third kappa shape index (κ3) is 2.44. The first-order chi connectivity index (χ1) is 8.93. The van der Waals surface area contributed by atoms with E-state index in [9.17, 15) is 0 Å². The molecule has 0 unspecified atom stereocenters. The van der Waals surface area contributed by atoms with Crippen LogP contribution >= 0.6 is 0 Å². The number of benzene rings is 1. The van der Waals surface area contributed by atoms with E-state index in [0.29, 0.717) is 0 Å². The molecule has 1 aromatic heterocycles. The molecule has 0 amide bonds. The van der Waals surface area contributed by atoms with Gasteiger partial charge >= 0.3 is 0 Å². The predicted octanol–water partition coefficient (Wildman–Crippen LogP) is 3.39. The zero-order chi connectivity index (χ0) is 12.2. The van der Waals surface area contributed by atoms with E-state index in [-0.39, 0.29) is 0 Å². The SMILES string of the molecule is c1ccc(-c2ccccc2CNC2CCC2)nc1. The molecule has 0 saturated heterocycles. The summed E-state index contributed by atoms with van der Waals surface area (Å²) in [6, 6.07) is 15.3. The average Bonchev–Trinajstić information content (AvgIpc) is 2.39. The molecule has 1 saturated carbocycles. The highest BCUT2D eigenvalue weighted by atomic mass is 14.9. The van der Waals surface area contributed by atoms with Crippen molar-refractivity contribution in [3.05, 3.63) is 54.2 Å². The Labute approximate surface area is 108 Å². The van der Waals surface area contributed by atoms with E-state index in [4.69, 9.17) is 0 Å². The van der Waals surface area contributed by atoms with Gasteiger partial charge in [-0.25, -0.2) is 0 Å². The van der Waals surface area contributed by atoms with E-state index in [1.54, 1.807) is 0 Å². The first-order valence-corrected chi connectivity index (χ1v) is 6.66. The van der Waals surface area contributed by atoms with Gasteiger partial charge in [-0.3, -0.25) is 4.98 Å². The molecular formula is C16H18N2. The highest BCUT2D eigenvalue weighted by Gasteiger charge is 2.16. The highest BCUT2D eigenvalue weighted by Crippen LogP contribution is 2.23. The molecule has 2 aromatic rings. The van der Waals surface area contributed by atoms with Crippen LogP contribution in [0.25, 0.3) is 11.3 Å². The van der Waals surface area contributed by atoms with Crippen molar-refractivity contribution in [2.24, 2.45) is 0 Å². The van der Waals surface area contributed by atoms with Crippen molar-refractivity contribution in [2.75, 3.05) is 0 Å². The summed E-state index contributed by atoms with van der Waals surface area (Å²) < 4.78 is 0. The lowest BCUT2D eigenvalue weighted by Gasteiger charge is -2.27. The lowest BCUT2D eigenvalue weighted by atomic mass is 9.92. The molecule has 1 heterocycles. The molecule has 1 aliphatic carbocycles. The summed E-state index contributed by atoms with van der Waals surface area (Å²) >= 11 is 0. The number of hydrogen-bond acceptors (Lipinski definition) is 2. The Kier molecular flexibility index (Phi) is 3.37. The molecule has 0 bridgehead atoms. The van der Waals surface area contributed by atoms with Gasteiger partial charge in [0.15, 0.2) is 0 Å². The Morgan fingerprint density at radius 1 is 1.06 bits per heavy atom. The van der Waals surface area contributed by atoms with Crippen molar-refractivity contribution in [3.8, 4) is 11.3 Å². The number of pyridine rings is 1. The first-order valence-electron chi connectivity index (χ1n) is 6.66. The van der Waals surface area contributed by atoms with Crippen LogP contribution in [0.15, 0.2) is 48.7 Å². The topological polar surface area (TPSA) is 24.9 Å². The second-order valence-corrected chi connectivity index (χ2v) is 4.88. The Morgan fingerprint density at radius 3 is 2.61 bits per heavy atom. The lowest BCUT2D eigenvalue weighted by molar-refractivity contribution is 0.338. The molecule has 0 aliphatic heterocycles. The number of nitrogens with one attached hydrogen (secondary N) is 1. The summed E-state index contributed by atoms with van der Waals surface area (Å²) in [6.07, 6.45) is 5.88. The molecule has 1 aromatic carbocycles. The summed E-state index contributed by atoms with van der Waals surface area (Å²) in [4.78, 5) is 4.44.